The third-order valence-electron chi connectivity index (χ3n) is 2.48. The first kappa shape index (κ1) is 14.7. The van der Waals surface area contributed by atoms with E-state index >= 15 is 0 Å². The Hall–Kier alpha value is -2.37. The number of carboxylic acid groups (broad SMARTS) is 1. The number of aromatic carboxylic acids is 1. The second kappa shape index (κ2) is 6.53. The lowest BCUT2D eigenvalue weighted by Gasteiger charge is -2.19. The number of anilines is 1. The standard InChI is InChI=1S/C13H15FN2O3/c1-3-7-16(4-2)13(19)15-11-6-5-9(12(17)18)8-10(11)14/h3,5-6,8H,1,4,7H2,2H3,(H,15,19)(H,17,18). The van der Waals surface area contributed by atoms with Crippen molar-refractivity contribution in [2.45, 2.75) is 6.92 Å². The van der Waals surface area contributed by atoms with Crippen LogP contribution in [0.25, 0.3) is 0 Å². The predicted molar refractivity (Wildman–Crippen MR) is 69.8 cm³/mol. The van der Waals surface area contributed by atoms with Gasteiger partial charge in [-0.1, -0.05) is 6.08 Å². The van der Waals surface area contributed by atoms with E-state index in [0.29, 0.717) is 13.1 Å². The summed E-state index contributed by atoms with van der Waals surface area (Å²) in [6, 6.07) is 2.84. The average Bonchev–Trinajstić information content (AvgIpc) is 2.37. The molecule has 0 heterocycles. The molecule has 0 unspecified atom stereocenters. The fraction of sp³-hybridized carbons (Fsp3) is 0.231. The van der Waals surface area contributed by atoms with Gasteiger partial charge in [0, 0.05) is 13.1 Å². The van der Waals surface area contributed by atoms with Crippen molar-refractivity contribution in [2.24, 2.45) is 0 Å². The summed E-state index contributed by atoms with van der Waals surface area (Å²) in [6.07, 6.45) is 1.56. The minimum atomic E-state index is -1.22. The Morgan fingerprint density at radius 2 is 2.21 bits per heavy atom. The molecule has 0 saturated carbocycles. The number of hydrogen-bond donors (Lipinski definition) is 2. The van der Waals surface area contributed by atoms with Crippen LogP contribution in [0.15, 0.2) is 30.9 Å². The molecule has 2 amide bonds. The van der Waals surface area contributed by atoms with Crippen LogP contribution in [-0.2, 0) is 0 Å². The van der Waals surface area contributed by atoms with Gasteiger partial charge in [0.1, 0.15) is 5.82 Å². The molecule has 0 aliphatic carbocycles. The predicted octanol–water partition coefficient (Wildman–Crippen LogP) is 2.56. The normalized spacial score (nSPS) is 9.79. The number of urea groups is 1. The molecule has 1 rings (SSSR count). The van der Waals surface area contributed by atoms with Crippen molar-refractivity contribution in [2.75, 3.05) is 18.4 Å². The van der Waals surface area contributed by atoms with Crippen molar-refractivity contribution in [3.8, 4) is 0 Å². The van der Waals surface area contributed by atoms with Crippen molar-refractivity contribution in [1.82, 2.24) is 4.90 Å². The summed E-state index contributed by atoms with van der Waals surface area (Å²) in [5.41, 5.74) is -0.230. The molecule has 6 heteroatoms. The van der Waals surface area contributed by atoms with Gasteiger partial charge in [0.15, 0.2) is 0 Å². The maximum atomic E-state index is 13.6. The third kappa shape index (κ3) is 3.80. The molecular formula is C13H15FN2O3. The summed E-state index contributed by atoms with van der Waals surface area (Å²) in [4.78, 5) is 23.9. The van der Waals surface area contributed by atoms with Gasteiger partial charge in [-0.3, -0.25) is 0 Å². The van der Waals surface area contributed by atoms with Crippen LogP contribution in [0.4, 0.5) is 14.9 Å². The Morgan fingerprint density at radius 1 is 1.53 bits per heavy atom. The number of hydrogen-bond acceptors (Lipinski definition) is 2. The van der Waals surface area contributed by atoms with Crippen molar-refractivity contribution < 1.29 is 19.1 Å². The molecule has 2 N–H and O–H groups in total. The molecule has 102 valence electrons. The van der Waals surface area contributed by atoms with Crippen LogP contribution in [0, 0.1) is 5.82 Å². The first-order chi connectivity index (χ1) is 8.99. The van der Waals surface area contributed by atoms with E-state index in [0.717, 1.165) is 6.07 Å². The molecular weight excluding hydrogens is 251 g/mol. The zero-order valence-electron chi connectivity index (χ0n) is 10.5. The number of carbonyl (C=O) groups excluding carboxylic acids is 1. The average molecular weight is 266 g/mol. The molecule has 0 spiro atoms. The molecule has 0 aliphatic rings. The fourth-order valence-electron chi connectivity index (χ4n) is 1.46. The van der Waals surface area contributed by atoms with Gasteiger partial charge in [-0.05, 0) is 25.1 Å². The highest BCUT2D eigenvalue weighted by atomic mass is 19.1. The number of halogens is 1. The van der Waals surface area contributed by atoms with Gasteiger partial charge in [-0.2, -0.15) is 0 Å². The number of carbonyl (C=O) groups is 2. The first-order valence-corrected chi connectivity index (χ1v) is 5.69. The molecule has 1 aromatic carbocycles. The van der Waals surface area contributed by atoms with Crippen LogP contribution in [0.2, 0.25) is 0 Å². The van der Waals surface area contributed by atoms with Gasteiger partial charge in [0.05, 0.1) is 11.3 Å². The molecule has 5 nitrogen and oxygen atoms in total. The Morgan fingerprint density at radius 3 is 2.68 bits per heavy atom. The summed E-state index contributed by atoms with van der Waals surface area (Å²) in [7, 11) is 0. The minimum Gasteiger partial charge on any atom is -0.478 e. The SMILES string of the molecule is C=CCN(CC)C(=O)Nc1ccc(C(=O)O)cc1F. The molecule has 0 atom stereocenters. The van der Waals surface area contributed by atoms with Gasteiger partial charge in [0.25, 0.3) is 0 Å². The number of rotatable bonds is 5. The molecule has 19 heavy (non-hydrogen) atoms. The van der Waals surface area contributed by atoms with Crippen LogP contribution in [-0.4, -0.2) is 35.1 Å². The maximum absolute atomic E-state index is 13.6. The summed E-state index contributed by atoms with van der Waals surface area (Å²) in [5, 5.41) is 11.1. The number of nitrogens with zero attached hydrogens (tertiary/aromatic N) is 1. The van der Waals surface area contributed by atoms with Crippen molar-refractivity contribution in [3.05, 3.63) is 42.2 Å². The Kier molecular flexibility index (Phi) is 5.05. The Bertz CT molecular complexity index is 503. The van der Waals surface area contributed by atoms with E-state index < -0.39 is 17.8 Å². The van der Waals surface area contributed by atoms with Crippen LogP contribution < -0.4 is 5.32 Å². The second-order valence-corrected chi connectivity index (χ2v) is 3.76. The van der Waals surface area contributed by atoms with E-state index in [1.165, 1.54) is 17.0 Å². The Balaban J connectivity index is 2.85. The third-order valence-corrected chi connectivity index (χ3v) is 2.48. The summed E-state index contributed by atoms with van der Waals surface area (Å²) in [6.45, 7) is 6.11. The van der Waals surface area contributed by atoms with Crippen LogP contribution in [0.5, 0.6) is 0 Å². The first-order valence-electron chi connectivity index (χ1n) is 5.69. The lowest BCUT2D eigenvalue weighted by atomic mass is 10.2. The quantitative estimate of drug-likeness (QED) is 0.805. The number of carboxylic acids is 1. The zero-order valence-corrected chi connectivity index (χ0v) is 10.5. The number of nitrogens with one attached hydrogen (secondary N) is 1. The molecule has 0 aliphatic heterocycles. The van der Waals surface area contributed by atoms with Gasteiger partial charge >= 0.3 is 12.0 Å². The zero-order chi connectivity index (χ0) is 14.4. The lowest BCUT2D eigenvalue weighted by molar-refractivity contribution is 0.0696. The van der Waals surface area contributed by atoms with Crippen molar-refractivity contribution >= 4 is 17.7 Å². The van der Waals surface area contributed by atoms with Crippen molar-refractivity contribution in [1.29, 1.82) is 0 Å². The van der Waals surface area contributed by atoms with Crippen LogP contribution >= 0.6 is 0 Å². The highest BCUT2D eigenvalue weighted by molar-refractivity contribution is 5.91. The van der Waals surface area contributed by atoms with Gasteiger partial charge in [-0.25, -0.2) is 14.0 Å². The molecule has 0 saturated heterocycles. The van der Waals surface area contributed by atoms with E-state index in [1.807, 2.05) is 0 Å². The summed E-state index contributed by atoms with van der Waals surface area (Å²) >= 11 is 0. The highest BCUT2D eigenvalue weighted by Gasteiger charge is 2.14. The highest BCUT2D eigenvalue weighted by Crippen LogP contribution is 2.16. The van der Waals surface area contributed by atoms with E-state index in [1.54, 1.807) is 13.0 Å². The minimum absolute atomic E-state index is 0.0579. The molecule has 0 bridgehead atoms. The Labute approximate surface area is 110 Å². The van der Waals surface area contributed by atoms with E-state index in [2.05, 4.69) is 11.9 Å². The fourth-order valence-corrected chi connectivity index (χ4v) is 1.46. The molecule has 1 aromatic rings. The largest absolute Gasteiger partial charge is 0.478 e. The number of likely N-dealkylation sites (N-methyl/N-ethyl adjacent to an activating group) is 1. The van der Waals surface area contributed by atoms with Gasteiger partial charge in [-0.15, -0.1) is 6.58 Å². The van der Waals surface area contributed by atoms with Crippen molar-refractivity contribution in [3.63, 3.8) is 0 Å². The van der Waals surface area contributed by atoms with Crippen LogP contribution in [0.3, 0.4) is 0 Å². The lowest BCUT2D eigenvalue weighted by Crippen LogP contribution is -2.35. The second-order valence-electron chi connectivity index (χ2n) is 3.76. The van der Waals surface area contributed by atoms with Crippen LogP contribution in [0.1, 0.15) is 17.3 Å². The smallest absolute Gasteiger partial charge is 0.335 e. The number of amides is 2. The van der Waals surface area contributed by atoms with Gasteiger partial charge in [0.2, 0.25) is 0 Å². The monoisotopic (exact) mass is 266 g/mol. The molecule has 0 fully saturated rings. The van der Waals surface area contributed by atoms with E-state index in [4.69, 9.17) is 5.11 Å². The van der Waals surface area contributed by atoms with Gasteiger partial charge < -0.3 is 15.3 Å². The van der Waals surface area contributed by atoms with E-state index in [-0.39, 0.29) is 11.3 Å². The number of benzene rings is 1. The summed E-state index contributed by atoms with van der Waals surface area (Å²) in [5.74, 6) is -2.01. The molecule has 0 aromatic heterocycles. The molecule has 0 radical (unpaired) electrons. The maximum Gasteiger partial charge on any atom is 0.335 e. The van der Waals surface area contributed by atoms with E-state index in [9.17, 15) is 14.0 Å². The summed E-state index contributed by atoms with van der Waals surface area (Å²) < 4.78 is 13.6. The topological polar surface area (TPSA) is 69.6 Å².